The third-order valence-electron chi connectivity index (χ3n) is 9.19. The molecule has 0 aliphatic rings. The number of aromatic hydroxyl groups is 2. The Labute approximate surface area is 436 Å². The molecule has 404 valence electrons. The molecule has 0 fully saturated rings. The molecule has 5 aromatic rings. The number of phenolic OH excluding ortho intramolecular Hbond substituents is 2. The average Bonchev–Trinajstić information content (AvgIpc) is 3.41. The van der Waals surface area contributed by atoms with Crippen LogP contribution in [0.2, 0.25) is 0 Å². The summed E-state index contributed by atoms with van der Waals surface area (Å²) in [6.07, 6.45) is -1.84. The van der Waals surface area contributed by atoms with Gasteiger partial charge in [-0.15, -0.1) is 0 Å². The quantitative estimate of drug-likeness (QED) is 0.00669. The van der Waals surface area contributed by atoms with Crippen LogP contribution in [0.5, 0.6) is 28.7 Å². The zero-order valence-corrected chi connectivity index (χ0v) is 41.6. The molecule has 0 radical (unpaired) electrons. The Morgan fingerprint density at radius 3 is 1.26 bits per heavy atom. The number of phenols is 2. The zero-order valence-electron chi connectivity index (χ0n) is 41.6. The summed E-state index contributed by atoms with van der Waals surface area (Å²) in [6, 6.07) is 31.1. The first-order valence-corrected chi connectivity index (χ1v) is 22.9. The van der Waals surface area contributed by atoms with Crippen LogP contribution in [0.1, 0.15) is 45.7 Å². The number of hydrogen-bond donors (Lipinski definition) is 3. The Morgan fingerprint density at radius 2 is 0.868 bits per heavy atom. The molecule has 0 unspecified atom stereocenters. The number of esters is 2. The van der Waals surface area contributed by atoms with Crippen LogP contribution in [0.3, 0.4) is 0 Å². The number of ether oxygens (including phenoxy) is 10. The zero-order chi connectivity index (χ0) is 55.7. The van der Waals surface area contributed by atoms with Gasteiger partial charge in [0, 0.05) is 46.5 Å². The molecular weight excluding hydrogens is 999 g/mol. The van der Waals surface area contributed by atoms with E-state index in [2.05, 4.69) is 13.2 Å². The molecule has 22 nitrogen and oxygen atoms in total. The van der Waals surface area contributed by atoms with Crippen LogP contribution in [0.25, 0.3) is 0 Å². The molecule has 0 saturated carbocycles. The average molecular weight is 1060 g/mol. The molecule has 5 aromatic carbocycles. The molecule has 0 aliphatic heterocycles. The second kappa shape index (κ2) is 34.3. The maximum atomic E-state index is 12.4. The van der Waals surface area contributed by atoms with Crippen molar-refractivity contribution in [2.24, 2.45) is 0 Å². The van der Waals surface area contributed by atoms with E-state index in [9.17, 15) is 49.1 Å². The van der Waals surface area contributed by atoms with Gasteiger partial charge in [-0.3, -0.25) is 19.7 Å². The Balaban J connectivity index is 0.000000313. The smallest absolute Gasteiger partial charge is 0.507 e. The van der Waals surface area contributed by atoms with Crippen molar-refractivity contribution >= 4 is 41.5 Å². The van der Waals surface area contributed by atoms with Crippen molar-refractivity contribution in [2.45, 2.75) is 13.8 Å². The highest BCUT2D eigenvalue weighted by Gasteiger charge is 2.16. The van der Waals surface area contributed by atoms with Gasteiger partial charge in [-0.2, -0.15) is 0 Å². The number of rotatable bonds is 27. The van der Waals surface area contributed by atoms with Gasteiger partial charge in [-0.25, -0.2) is 19.2 Å². The summed E-state index contributed by atoms with van der Waals surface area (Å²) < 4.78 is 49.7. The van der Waals surface area contributed by atoms with Gasteiger partial charge in [0.25, 0.3) is 5.69 Å². The highest BCUT2D eigenvalue weighted by molar-refractivity contribution is 6.11. The topological polar surface area (TPSA) is 299 Å². The fourth-order valence-corrected chi connectivity index (χ4v) is 5.53. The van der Waals surface area contributed by atoms with E-state index < -0.39 is 29.2 Å². The van der Waals surface area contributed by atoms with Gasteiger partial charge >= 0.3 is 24.2 Å². The minimum absolute atomic E-state index is 0.0190. The van der Waals surface area contributed by atoms with Crippen molar-refractivity contribution in [1.29, 1.82) is 0 Å². The van der Waals surface area contributed by atoms with Crippen LogP contribution in [-0.4, -0.2) is 135 Å². The summed E-state index contributed by atoms with van der Waals surface area (Å²) in [7, 11) is 0. The summed E-state index contributed by atoms with van der Waals surface area (Å²) in [6.45, 7) is 10.5. The van der Waals surface area contributed by atoms with Crippen molar-refractivity contribution in [3.05, 3.63) is 178 Å². The maximum absolute atomic E-state index is 12.4. The summed E-state index contributed by atoms with van der Waals surface area (Å²) >= 11 is 0. The molecule has 76 heavy (non-hydrogen) atoms. The monoisotopic (exact) mass is 1060 g/mol. The van der Waals surface area contributed by atoms with Gasteiger partial charge in [0.15, 0.2) is 11.6 Å². The second-order valence-electron chi connectivity index (χ2n) is 15.1. The highest BCUT2D eigenvalue weighted by atomic mass is 16.7. The first-order valence-electron chi connectivity index (χ1n) is 22.9. The first kappa shape index (κ1) is 61.2. The van der Waals surface area contributed by atoms with E-state index in [0.29, 0.717) is 33.8 Å². The summed E-state index contributed by atoms with van der Waals surface area (Å²) in [5, 5.41) is 39.1. The molecule has 0 atom stereocenters. The van der Waals surface area contributed by atoms with E-state index in [-0.39, 0.29) is 125 Å². The number of carbonyl (C=O) groups excluding carboxylic acids is 6. The standard InChI is InChI=1S/C24H26O9.C15H17NO8.C15H14O4/c1-17(2)23(27)31-12-10-29-11-13-32-24(28)33-15-14-30-19-8-9-20(21(25)16-19)22(26)18-6-4-3-5-7-18;1-11(2)14(17)22-9-7-21-8-10-23-15(18)24-13-5-3-12(4-6-13)16(19)20;16-8-9-19-12-6-7-13(14(17)10-12)15(18)11-4-2-1-3-5-11/h3-9,16,25H,1,10-15H2,2H3;3-6H,1,7-10H2,2H3;1-7,10,16-17H,8-9H2. The van der Waals surface area contributed by atoms with Gasteiger partial charge in [-0.1, -0.05) is 73.8 Å². The lowest BCUT2D eigenvalue weighted by Gasteiger charge is -2.10. The van der Waals surface area contributed by atoms with Gasteiger partial charge in [0.05, 0.1) is 49.1 Å². The highest BCUT2D eigenvalue weighted by Crippen LogP contribution is 2.27. The maximum Gasteiger partial charge on any atom is 0.513 e. The van der Waals surface area contributed by atoms with Crippen LogP contribution < -0.4 is 14.2 Å². The van der Waals surface area contributed by atoms with E-state index >= 15 is 0 Å². The number of hydrogen-bond acceptors (Lipinski definition) is 21. The molecule has 0 amide bonds. The first-order chi connectivity index (χ1) is 36.5. The Hall–Kier alpha value is -9.12. The predicted molar refractivity (Wildman–Crippen MR) is 270 cm³/mol. The molecule has 3 N–H and O–H groups in total. The van der Waals surface area contributed by atoms with E-state index in [4.69, 9.17) is 52.5 Å². The number of non-ortho nitro benzene ring substituents is 1. The van der Waals surface area contributed by atoms with Crippen molar-refractivity contribution in [3.63, 3.8) is 0 Å². The van der Waals surface area contributed by atoms with Crippen molar-refractivity contribution in [1.82, 2.24) is 0 Å². The second-order valence-corrected chi connectivity index (χ2v) is 15.1. The molecule has 0 spiro atoms. The van der Waals surface area contributed by atoms with Crippen LogP contribution in [0, 0.1) is 10.1 Å². The number of benzene rings is 5. The Kier molecular flexibility index (Phi) is 27.6. The molecule has 0 aromatic heterocycles. The largest absolute Gasteiger partial charge is 0.513 e. The van der Waals surface area contributed by atoms with Gasteiger partial charge in [0.1, 0.15) is 75.0 Å². The third kappa shape index (κ3) is 23.6. The number of carbonyl (C=O) groups is 6. The number of nitro groups is 1. The lowest BCUT2D eigenvalue weighted by Crippen LogP contribution is -2.17. The van der Waals surface area contributed by atoms with Crippen LogP contribution in [0.4, 0.5) is 15.3 Å². The van der Waals surface area contributed by atoms with E-state index in [1.165, 1.54) is 55.5 Å². The summed E-state index contributed by atoms with van der Waals surface area (Å²) in [5.74, 6) is -1.03. The number of nitro benzene ring substituents is 1. The fraction of sp³-hybridized carbons (Fsp3) is 0.259. The van der Waals surface area contributed by atoms with Crippen LogP contribution >= 0.6 is 0 Å². The van der Waals surface area contributed by atoms with Gasteiger partial charge < -0.3 is 62.7 Å². The fourth-order valence-electron chi connectivity index (χ4n) is 5.53. The summed E-state index contributed by atoms with van der Waals surface area (Å²) in [4.78, 5) is 79.6. The number of ketones is 2. The van der Waals surface area contributed by atoms with Gasteiger partial charge in [-0.05, 0) is 50.2 Å². The predicted octanol–water partition coefficient (Wildman–Crippen LogP) is 7.53. The molecule has 0 aliphatic carbocycles. The summed E-state index contributed by atoms with van der Waals surface area (Å²) in [5.41, 5.74) is 1.85. The van der Waals surface area contributed by atoms with E-state index in [1.807, 2.05) is 6.07 Å². The molecule has 0 saturated heterocycles. The molecule has 0 bridgehead atoms. The number of nitrogens with zero attached hydrogens (tertiary/aromatic N) is 1. The molecule has 5 rings (SSSR count). The van der Waals surface area contributed by atoms with E-state index in [0.717, 1.165) is 0 Å². The minimum atomic E-state index is -0.957. The van der Waals surface area contributed by atoms with E-state index in [1.54, 1.807) is 73.7 Å². The third-order valence-corrected chi connectivity index (χ3v) is 9.19. The van der Waals surface area contributed by atoms with Crippen molar-refractivity contribution in [3.8, 4) is 28.7 Å². The number of aliphatic hydroxyl groups is 1. The number of aliphatic hydroxyl groups excluding tert-OH is 1. The molecule has 22 heteroatoms. The minimum Gasteiger partial charge on any atom is -0.507 e. The van der Waals surface area contributed by atoms with Crippen LogP contribution in [-0.2, 0) is 42.7 Å². The lowest BCUT2D eigenvalue weighted by molar-refractivity contribution is -0.384. The lowest BCUT2D eigenvalue weighted by atomic mass is 10.0. The molecular formula is C54H57NO21. The van der Waals surface area contributed by atoms with Gasteiger partial charge in [0.2, 0.25) is 0 Å². The van der Waals surface area contributed by atoms with Crippen LogP contribution in [0.15, 0.2) is 146 Å². The normalized spacial score (nSPS) is 10.1. The SMILES string of the molecule is C=C(C)C(=O)OCCOCCOC(=O)OCCOc1ccc(C(=O)c2ccccc2)c(O)c1.C=C(C)C(=O)OCCOCCOC(=O)Oc1ccc([N+](=O)[O-])cc1.O=C(c1ccccc1)c1ccc(OCCO)cc1O. The molecule has 0 heterocycles. The Bertz CT molecular complexity index is 2690. The van der Waals surface area contributed by atoms with Crippen molar-refractivity contribution in [2.75, 3.05) is 79.3 Å². The Morgan fingerprint density at radius 1 is 0.487 bits per heavy atom. The van der Waals surface area contributed by atoms with Crippen molar-refractivity contribution < 1.29 is 96.4 Å².